The van der Waals surface area contributed by atoms with E-state index in [1.54, 1.807) is 18.5 Å². The molecular weight excluding hydrogens is 542 g/mol. The minimum Gasteiger partial charge on any atom is -0.336 e. The smallest absolute Gasteiger partial charge is 0.336 e. The fourth-order valence-electron chi connectivity index (χ4n) is 5.83. The molecule has 0 spiro atoms. The molecule has 1 aliphatic heterocycles. The molecule has 208 valence electrons. The minimum atomic E-state index is -2.61. The van der Waals surface area contributed by atoms with Crippen LogP contribution in [0, 0.1) is 11.8 Å². The van der Waals surface area contributed by atoms with Crippen LogP contribution in [-0.4, -0.2) is 62.9 Å². The maximum absolute atomic E-state index is 11.7. The fraction of sp³-hybridized carbons (Fsp3) is 0.500. The Kier molecular flexibility index (Phi) is 6.90. The molecule has 3 N–H and O–H groups in total. The maximum Gasteiger partial charge on any atom is 0.439 e. The van der Waals surface area contributed by atoms with Gasteiger partial charge in [-0.05, 0) is 43.7 Å². The van der Waals surface area contributed by atoms with Crippen molar-refractivity contribution < 1.29 is 13.6 Å². The van der Waals surface area contributed by atoms with Crippen molar-refractivity contribution in [3.05, 3.63) is 40.1 Å². The van der Waals surface area contributed by atoms with Gasteiger partial charge in [-0.2, -0.15) is 10.6 Å². The number of nitrogens with zero attached hydrogens (tertiary/aromatic N) is 6. The summed E-state index contributed by atoms with van der Waals surface area (Å²) in [6, 6.07) is 3.50. The first-order chi connectivity index (χ1) is 18.7. The number of rotatable bonds is 5. The molecule has 6 rings (SSSR count). The zero-order valence-electron chi connectivity index (χ0n) is 21.9. The first-order valence-electron chi connectivity index (χ1n) is 13.3. The lowest BCUT2D eigenvalue weighted by Gasteiger charge is -2.45. The summed E-state index contributed by atoms with van der Waals surface area (Å²) in [5.74, 6) is 2.12. The average molecular weight is 574 g/mol. The van der Waals surface area contributed by atoms with Gasteiger partial charge in [0.25, 0.3) is 0 Å². The monoisotopic (exact) mass is 573 g/mol. The molecule has 5 heterocycles. The van der Waals surface area contributed by atoms with E-state index in [0.717, 1.165) is 36.8 Å². The number of hydrogen-bond donors (Lipinski definition) is 3. The van der Waals surface area contributed by atoms with Crippen LogP contribution in [0.3, 0.4) is 0 Å². The van der Waals surface area contributed by atoms with E-state index in [2.05, 4.69) is 31.5 Å². The Labute approximate surface area is 232 Å². The van der Waals surface area contributed by atoms with Gasteiger partial charge in [0.1, 0.15) is 5.69 Å². The third-order valence-corrected chi connectivity index (χ3v) is 9.96. The van der Waals surface area contributed by atoms with E-state index in [-0.39, 0.29) is 11.9 Å². The van der Waals surface area contributed by atoms with E-state index in [9.17, 15) is 13.9 Å². The molecule has 2 fully saturated rings. The Morgan fingerprint density at radius 1 is 1.15 bits per heavy atom. The minimum absolute atomic E-state index is 0.110. The number of hydrogen-bond acceptors (Lipinski definition) is 9. The maximum atomic E-state index is 11.7. The predicted octanol–water partition coefficient (Wildman–Crippen LogP) is 5.28. The number of pyridine rings is 2. The number of fused-ring (bicyclic) bond motifs is 1. The third kappa shape index (κ3) is 5.30. The molecule has 1 saturated heterocycles. The van der Waals surface area contributed by atoms with E-state index in [4.69, 9.17) is 26.1 Å². The Bertz CT molecular complexity index is 1560. The number of H-pyrrole nitrogens is 1. The second-order valence-electron chi connectivity index (χ2n) is 10.9. The average Bonchev–Trinajstić information content (AvgIpc) is 3.48. The van der Waals surface area contributed by atoms with Crippen molar-refractivity contribution >= 4 is 39.2 Å². The number of halogens is 1. The molecule has 1 saturated carbocycles. The van der Waals surface area contributed by atoms with E-state index < -0.39 is 16.3 Å². The van der Waals surface area contributed by atoms with Crippen LogP contribution >= 0.6 is 22.2 Å². The van der Waals surface area contributed by atoms with Gasteiger partial charge in [-0.1, -0.05) is 36.5 Å². The zero-order valence-corrected chi connectivity index (χ0v) is 23.5. The highest BCUT2D eigenvalue weighted by Crippen LogP contribution is 2.45. The van der Waals surface area contributed by atoms with Crippen molar-refractivity contribution in [2.45, 2.75) is 52.1 Å². The lowest BCUT2D eigenvalue weighted by atomic mass is 9.83. The fourth-order valence-corrected chi connectivity index (χ4v) is 7.61. The van der Waals surface area contributed by atoms with Crippen LogP contribution < -0.4 is 10.7 Å². The third-order valence-electron chi connectivity index (χ3n) is 7.90. The lowest BCUT2D eigenvalue weighted by Crippen LogP contribution is -2.46. The molecule has 39 heavy (non-hydrogen) atoms. The van der Waals surface area contributed by atoms with Gasteiger partial charge in [0.2, 0.25) is 11.8 Å². The van der Waals surface area contributed by atoms with Gasteiger partial charge in [-0.25, -0.2) is 14.8 Å². The summed E-state index contributed by atoms with van der Waals surface area (Å²) in [5, 5.41) is 4.32. The first-order valence-corrected chi connectivity index (χ1v) is 15.5. The van der Waals surface area contributed by atoms with Crippen molar-refractivity contribution in [3.8, 4) is 22.8 Å². The largest absolute Gasteiger partial charge is 0.439 e. The highest BCUT2D eigenvalue weighted by molar-refractivity contribution is 8.24. The van der Waals surface area contributed by atoms with Gasteiger partial charge in [-0.3, -0.25) is 23.6 Å². The molecule has 13 heteroatoms. The molecule has 11 nitrogen and oxygen atoms in total. The normalized spacial score (nSPS) is 24.2. The quantitative estimate of drug-likeness (QED) is 0.290. The van der Waals surface area contributed by atoms with Crippen molar-refractivity contribution in [3.63, 3.8) is 0 Å². The number of nitrogens with one attached hydrogen (secondary N) is 1. The van der Waals surface area contributed by atoms with Crippen LogP contribution in [0.4, 0.5) is 5.95 Å². The molecule has 0 aromatic carbocycles. The topological polar surface area (TPSA) is 146 Å². The Balaban J connectivity index is 1.56. The first kappa shape index (κ1) is 26.3. The number of aromatic amines is 1. The second kappa shape index (κ2) is 10.2. The van der Waals surface area contributed by atoms with Crippen molar-refractivity contribution in [1.29, 1.82) is 0 Å². The lowest BCUT2D eigenvalue weighted by molar-refractivity contribution is 0.266. The molecule has 2 aliphatic rings. The molecule has 0 amide bonds. The highest BCUT2D eigenvalue weighted by atomic mass is 35.5. The van der Waals surface area contributed by atoms with Crippen molar-refractivity contribution in [1.82, 2.24) is 29.7 Å². The van der Waals surface area contributed by atoms with E-state index in [0.29, 0.717) is 51.5 Å². The molecule has 4 aromatic rings. The molecule has 0 bridgehead atoms. The molecule has 4 aromatic heterocycles. The number of aromatic nitrogens is 6. The Morgan fingerprint density at radius 2 is 1.95 bits per heavy atom. The van der Waals surface area contributed by atoms with Gasteiger partial charge in [-0.15, -0.1) is 0 Å². The molecule has 0 radical (unpaired) electrons. The van der Waals surface area contributed by atoms with Crippen LogP contribution in [0.1, 0.15) is 39.5 Å². The Hall–Kier alpha value is -2.93. The predicted molar refractivity (Wildman–Crippen MR) is 152 cm³/mol. The van der Waals surface area contributed by atoms with Crippen LogP contribution in [-0.2, 0) is 6.54 Å². The second-order valence-corrected chi connectivity index (χ2v) is 13.7. The van der Waals surface area contributed by atoms with Gasteiger partial charge >= 0.3 is 5.76 Å². The van der Waals surface area contributed by atoms with Crippen molar-refractivity contribution in [2.75, 3.05) is 23.0 Å². The van der Waals surface area contributed by atoms with Crippen LogP contribution in [0.5, 0.6) is 0 Å². The van der Waals surface area contributed by atoms with E-state index in [1.807, 2.05) is 13.0 Å². The number of imidazole rings is 1. The summed E-state index contributed by atoms with van der Waals surface area (Å²) in [7, 11) is -2.61. The summed E-state index contributed by atoms with van der Waals surface area (Å²) in [5.41, 5.74) is 3.27. The summed E-state index contributed by atoms with van der Waals surface area (Å²) < 4.78 is 27.8. The zero-order chi connectivity index (χ0) is 27.3. The van der Waals surface area contributed by atoms with E-state index >= 15 is 0 Å². The van der Waals surface area contributed by atoms with Crippen LogP contribution in [0.25, 0.3) is 33.8 Å². The summed E-state index contributed by atoms with van der Waals surface area (Å²) in [6.45, 7) is 5.57. The van der Waals surface area contributed by atoms with Crippen LogP contribution in [0.15, 0.2) is 33.8 Å². The summed E-state index contributed by atoms with van der Waals surface area (Å²) >= 11 is 6.35. The van der Waals surface area contributed by atoms with Crippen LogP contribution in [0.2, 0.25) is 5.02 Å². The standard InChI is InChI=1S/C26H32ClN7O4S/c1-15-3-5-17(6-4-15)13-34-23-20(30-25(34)33-7-8-39(36,37)14-16(33)2)10-21(24-31-26(35)38-32-24)29-22(23)18-9-19(27)12-28-11-18/h9-12,15-17,36-37H,3-8,13-14H2,1-2H3,(H,31,32,35)/t15-,16?,17-. The molecule has 1 aliphatic carbocycles. The summed E-state index contributed by atoms with van der Waals surface area (Å²) in [6.07, 6.45) is 7.94. The molecule has 1 unspecified atom stereocenters. The van der Waals surface area contributed by atoms with Gasteiger partial charge < -0.3 is 9.47 Å². The molecular formula is C26H32ClN7O4S. The Morgan fingerprint density at radius 3 is 2.64 bits per heavy atom. The number of anilines is 1. The molecule has 1 atom stereocenters. The van der Waals surface area contributed by atoms with Gasteiger partial charge in [0.15, 0.2) is 0 Å². The SMILES string of the molecule is CC1CS(O)(O)CCN1c1nc2cc(-c3noc(=O)[nH]3)nc(-c3cncc(Cl)c3)c2n1C[C@H]1CC[C@H](C)CC1. The van der Waals surface area contributed by atoms with Crippen molar-refractivity contribution in [2.24, 2.45) is 11.8 Å². The highest BCUT2D eigenvalue weighted by Gasteiger charge is 2.33. The summed E-state index contributed by atoms with van der Waals surface area (Å²) in [4.78, 5) is 30.8. The van der Waals surface area contributed by atoms with E-state index in [1.165, 1.54) is 12.8 Å². The van der Waals surface area contributed by atoms with Gasteiger partial charge in [0, 0.05) is 37.1 Å². The van der Waals surface area contributed by atoms with Gasteiger partial charge in [0.05, 0.1) is 33.3 Å².